The second-order valence-electron chi connectivity index (χ2n) is 6.95. The third-order valence-electron chi connectivity index (χ3n) is 3.32. The third-order valence-corrected chi connectivity index (χ3v) is 3.32. The number of carbonyl (C=O) groups excluding carboxylic acids is 2. The van der Waals surface area contributed by atoms with Crippen molar-refractivity contribution in [3.05, 3.63) is 35.8 Å². The van der Waals surface area contributed by atoms with Crippen molar-refractivity contribution < 1.29 is 23.5 Å². The van der Waals surface area contributed by atoms with Crippen LogP contribution in [0.1, 0.15) is 33.3 Å². The molecule has 0 amide bonds. The standard InChI is InChI=1S/C17H21FN2O4/c1-16(2,3)24-15(22)23-14(21)17(4,19)8-10-9-20-13-7-11(18)5-6-12(10)13/h5-7,9,20H,8,19H2,1-4H3/t17-/m0/s1. The van der Waals surface area contributed by atoms with Gasteiger partial charge < -0.3 is 20.2 Å². The summed E-state index contributed by atoms with van der Waals surface area (Å²) in [5.74, 6) is -1.26. The van der Waals surface area contributed by atoms with Crippen molar-refractivity contribution in [2.45, 2.75) is 45.3 Å². The van der Waals surface area contributed by atoms with Crippen molar-refractivity contribution in [3.63, 3.8) is 0 Å². The number of benzene rings is 1. The van der Waals surface area contributed by atoms with E-state index < -0.39 is 23.3 Å². The number of fused-ring (bicyclic) bond motifs is 1. The molecule has 1 aromatic carbocycles. The number of halogens is 1. The molecule has 1 aromatic heterocycles. The normalized spacial score (nSPS) is 14.2. The van der Waals surface area contributed by atoms with Crippen LogP contribution in [0, 0.1) is 5.82 Å². The van der Waals surface area contributed by atoms with E-state index in [9.17, 15) is 14.0 Å². The van der Waals surface area contributed by atoms with E-state index in [1.165, 1.54) is 19.1 Å². The van der Waals surface area contributed by atoms with Crippen LogP contribution in [0.25, 0.3) is 10.9 Å². The average Bonchev–Trinajstić information content (AvgIpc) is 2.78. The van der Waals surface area contributed by atoms with E-state index in [0.717, 1.165) is 10.9 Å². The molecule has 1 atom stereocenters. The zero-order valence-electron chi connectivity index (χ0n) is 14.1. The number of ether oxygens (including phenoxy) is 2. The Balaban J connectivity index is 2.11. The maximum atomic E-state index is 13.2. The van der Waals surface area contributed by atoms with E-state index in [0.29, 0.717) is 5.52 Å². The lowest BCUT2D eigenvalue weighted by Crippen LogP contribution is -2.49. The molecule has 24 heavy (non-hydrogen) atoms. The minimum Gasteiger partial charge on any atom is -0.428 e. The molecule has 3 N–H and O–H groups in total. The van der Waals surface area contributed by atoms with Crippen LogP contribution in [0.4, 0.5) is 9.18 Å². The molecule has 0 aliphatic rings. The molecule has 0 bridgehead atoms. The first-order chi connectivity index (χ1) is 11.0. The molecule has 0 radical (unpaired) electrons. The van der Waals surface area contributed by atoms with Gasteiger partial charge in [0.25, 0.3) is 0 Å². The number of hydrogen-bond acceptors (Lipinski definition) is 5. The van der Waals surface area contributed by atoms with Gasteiger partial charge in [0.15, 0.2) is 0 Å². The molecule has 2 rings (SSSR count). The van der Waals surface area contributed by atoms with Crippen LogP contribution < -0.4 is 5.73 Å². The Morgan fingerprint density at radius 2 is 1.92 bits per heavy atom. The number of hydrogen-bond donors (Lipinski definition) is 2. The summed E-state index contributed by atoms with van der Waals surface area (Å²) >= 11 is 0. The summed E-state index contributed by atoms with van der Waals surface area (Å²) < 4.78 is 22.8. The lowest BCUT2D eigenvalue weighted by atomic mass is 9.94. The number of rotatable bonds is 3. The molecule has 0 spiro atoms. The molecule has 0 aliphatic heterocycles. The maximum Gasteiger partial charge on any atom is 0.516 e. The Bertz CT molecular complexity index is 774. The molecule has 0 saturated heterocycles. The van der Waals surface area contributed by atoms with Crippen molar-refractivity contribution in [1.29, 1.82) is 0 Å². The summed E-state index contributed by atoms with van der Waals surface area (Å²) in [5, 5.41) is 0.748. The minimum atomic E-state index is -1.44. The molecule has 0 saturated carbocycles. The highest BCUT2D eigenvalue weighted by molar-refractivity contribution is 5.90. The van der Waals surface area contributed by atoms with Gasteiger partial charge >= 0.3 is 12.1 Å². The van der Waals surface area contributed by atoms with Gasteiger partial charge in [0.2, 0.25) is 0 Å². The number of aromatic amines is 1. The average molecular weight is 336 g/mol. The Kier molecular flexibility index (Phi) is 4.66. The van der Waals surface area contributed by atoms with Gasteiger partial charge in [0, 0.05) is 23.5 Å². The van der Waals surface area contributed by atoms with E-state index in [1.54, 1.807) is 33.0 Å². The van der Waals surface area contributed by atoms with Crippen LogP contribution in [-0.2, 0) is 20.7 Å². The quantitative estimate of drug-likeness (QED) is 0.663. The monoisotopic (exact) mass is 336 g/mol. The Hall–Kier alpha value is -2.41. The fourth-order valence-electron chi connectivity index (χ4n) is 2.24. The predicted molar refractivity (Wildman–Crippen MR) is 86.9 cm³/mol. The lowest BCUT2D eigenvalue weighted by Gasteiger charge is -2.23. The first kappa shape index (κ1) is 17.9. The SMILES string of the molecule is CC(C)(C)OC(=O)OC(=O)[C@@](C)(N)Cc1c[nH]c2cc(F)ccc12. The molecule has 1 heterocycles. The molecule has 6 nitrogen and oxygen atoms in total. The molecule has 130 valence electrons. The molecule has 0 unspecified atom stereocenters. The fraction of sp³-hybridized carbons (Fsp3) is 0.412. The number of nitrogens with two attached hydrogens (primary N) is 1. The molecular formula is C17H21FN2O4. The van der Waals surface area contributed by atoms with Crippen molar-refractivity contribution in [2.75, 3.05) is 0 Å². The summed E-state index contributed by atoms with van der Waals surface area (Å²) in [5.41, 5.74) is 5.11. The van der Waals surface area contributed by atoms with Crippen LogP contribution in [0.15, 0.2) is 24.4 Å². The zero-order valence-corrected chi connectivity index (χ0v) is 14.1. The lowest BCUT2D eigenvalue weighted by molar-refractivity contribution is -0.147. The highest BCUT2D eigenvalue weighted by Crippen LogP contribution is 2.23. The van der Waals surface area contributed by atoms with Crippen LogP contribution in [0.5, 0.6) is 0 Å². The third kappa shape index (κ3) is 4.32. The Labute approximate surface area is 139 Å². The van der Waals surface area contributed by atoms with E-state index in [1.807, 2.05) is 0 Å². The Morgan fingerprint density at radius 3 is 2.54 bits per heavy atom. The van der Waals surface area contributed by atoms with Crippen molar-refractivity contribution in [2.24, 2.45) is 5.73 Å². The van der Waals surface area contributed by atoms with E-state index in [4.69, 9.17) is 10.5 Å². The largest absolute Gasteiger partial charge is 0.516 e. The van der Waals surface area contributed by atoms with Crippen LogP contribution in [0.2, 0.25) is 0 Å². The molecule has 2 aromatic rings. The van der Waals surface area contributed by atoms with Gasteiger partial charge in [-0.2, -0.15) is 0 Å². The maximum absolute atomic E-state index is 13.2. The molecule has 7 heteroatoms. The van der Waals surface area contributed by atoms with Crippen LogP contribution in [0.3, 0.4) is 0 Å². The summed E-state index contributed by atoms with van der Waals surface area (Å²) in [7, 11) is 0. The van der Waals surface area contributed by atoms with Crippen LogP contribution >= 0.6 is 0 Å². The van der Waals surface area contributed by atoms with Gasteiger partial charge in [0.1, 0.15) is 17.0 Å². The second-order valence-corrected chi connectivity index (χ2v) is 6.95. The molecule has 0 aliphatic carbocycles. The fourth-order valence-corrected chi connectivity index (χ4v) is 2.24. The number of H-pyrrole nitrogens is 1. The predicted octanol–water partition coefficient (Wildman–Crippen LogP) is 3.05. The minimum absolute atomic E-state index is 0.111. The summed E-state index contributed by atoms with van der Waals surface area (Å²) in [4.78, 5) is 26.7. The summed E-state index contributed by atoms with van der Waals surface area (Å²) in [6.07, 6.45) is 0.668. The number of aromatic nitrogens is 1. The van der Waals surface area contributed by atoms with Gasteiger partial charge in [0.05, 0.1) is 0 Å². The Morgan fingerprint density at radius 1 is 1.25 bits per heavy atom. The highest BCUT2D eigenvalue weighted by Gasteiger charge is 2.34. The van der Waals surface area contributed by atoms with E-state index >= 15 is 0 Å². The first-order valence-corrected chi connectivity index (χ1v) is 7.47. The van der Waals surface area contributed by atoms with E-state index in [-0.39, 0.29) is 12.2 Å². The first-order valence-electron chi connectivity index (χ1n) is 7.47. The summed E-state index contributed by atoms with van der Waals surface area (Å²) in [6.45, 7) is 6.43. The second kappa shape index (κ2) is 6.24. The van der Waals surface area contributed by atoms with Crippen molar-refractivity contribution in [3.8, 4) is 0 Å². The van der Waals surface area contributed by atoms with Crippen molar-refractivity contribution >= 4 is 23.0 Å². The van der Waals surface area contributed by atoms with Gasteiger partial charge in [-0.1, -0.05) is 0 Å². The number of nitrogens with one attached hydrogen (secondary N) is 1. The topological polar surface area (TPSA) is 94.4 Å². The smallest absolute Gasteiger partial charge is 0.428 e. The molecular weight excluding hydrogens is 315 g/mol. The number of carbonyl (C=O) groups is 2. The van der Waals surface area contributed by atoms with Gasteiger partial charge in [-0.25, -0.2) is 14.0 Å². The van der Waals surface area contributed by atoms with Crippen molar-refractivity contribution in [1.82, 2.24) is 4.98 Å². The van der Waals surface area contributed by atoms with Gasteiger partial charge in [-0.3, -0.25) is 0 Å². The highest BCUT2D eigenvalue weighted by atomic mass is 19.1. The zero-order chi connectivity index (χ0) is 18.1. The van der Waals surface area contributed by atoms with Crippen LogP contribution in [-0.4, -0.2) is 28.2 Å². The van der Waals surface area contributed by atoms with Gasteiger partial charge in [-0.05, 0) is 51.5 Å². The summed E-state index contributed by atoms with van der Waals surface area (Å²) in [6, 6.07) is 4.28. The van der Waals surface area contributed by atoms with Gasteiger partial charge in [-0.15, -0.1) is 0 Å². The number of esters is 1. The molecule has 0 fully saturated rings. The van der Waals surface area contributed by atoms with E-state index in [2.05, 4.69) is 9.72 Å².